The van der Waals surface area contributed by atoms with Gasteiger partial charge in [-0.1, -0.05) is 64.9 Å². The molecule has 1 amide bonds. The first-order valence-electron chi connectivity index (χ1n) is 12.9. The molecule has 0 bridgehead atoms. The van der Waals surface area contributed by atoms with Crippen LogP contribution in [-0.4, -0.2) is 52.1 Å². The fourth-order valence-electron chi connectivity index (χ4n) is 4.17. The van der Waals surface area contributed by atoms with Gasteiger partial charge in [-0.2, -0.15) is 4.98 Å². The highest BCUT2D eigenvalue weighted by atomic mass is 16.6. The minimum atomic E-state index is -0.517. The first-order chi connectivity index (χ1) is 17.8. The second-order valence-electron chi connectivity index (χ2n) is 10.4. The van der Waals surface area contributed by atoms with Crippen LogP contribution >= 0.6 is 0 Å². The van der Waals surface area contributed by atoms with Crippen molar-refractivity contribution in [3.63, 3.8) is 0 Å². The van der Waals surface area contributed by atoms with Crippen molar-refractivity contribution in [1.29, 1.82) is 0 Å². The fourth-order valence-corrected chi connectivity index (χ4v) is 4.17. The maximum atomic E-state index is 12.3. The van der Waals surface area contributed by atoms with E-state index in [0.29, 0.717) is 31.4 Å². The Hall–Kier alpha value is -3.68. The van der Waals surface area contributed by atoms with Crippen molar-refractivity contribution in [2.45, 2.75) is 64.9 Å². The Morgan fingerprint density at radius 1 is 1.11 bits per heavy atom. The number of benzene rings is 2. The van der Waals surface area contributed by atoms with Gasteiger partial charge in [0.1, 0.15) is 12.2 Å². The number of hydrogen-bond donors (Lipinski definition) is 0. The molecule has 2 heterocycles. The van der Waals surface area contributed by atoms with E-state index in [-0.39, 0.29) is 12.0 Å². The largest absolute Gasteiger partial charge is 0.444 e. The standard InChI is InChI=1S/C29H36N4O4/c1-21(31-35-19-9-8-12-22-10-6-5-7-11-22)23-13-15-24(16-14-23)26-30-27(37-32-26)25-17-18-33(20-25)28(34)36-29(2,3)4/h5-7,10-11,13-16,25H,8-9,12,17-20H2,1-4H3/t25-/m1/s1. The van der Waals surface area contributed by atoms with Gasteiger partial charge in [-0.25, -0.2) is 4.79 Å². The van der Waals surface area contributed by atoms with Crippen LogP contribution in [0.25, 0.3) is 11.4 Å². The molecule has 8 nitrogen and oxygen atoms in total. The zero-order chi connectivity index (χ0) is 26.3. The van der Waals surface area contributed by atoms with E-state index < -0.39 is 5.60 Å². The summed E-state index contributed by atoms with van der Waals surface area (Å²) in [4.78, 5) is 24.2. The highest BCUT2D eigenvalue weighted by Gasteiger charge is 2.33. The number of ether oxygens (including phenoxy) is 1. The summed E-state index contributed by atoms with van der Waals surface area (Å²) < 4.78 is 11.0. The molecule has 0 unspecified atom stereocenters. The van der Waals surface area contributed by atoms with Gasteiger partial charge in [-0.05, 0) is 64.5 Å². The number of carbonyl (C=O) groups is 1. The molecule has 1 aliphatic heterocycles. The Morgan fingerprint density at radius 2 is 1.86 bits per heavy atom. The van der Waals surface area contributed by atoms with Gasteiger partial charge in [-0.3, -0.25) is 0 Å². The van der Waals surface area contributed by atoms with E-state index in [1.54, 1.807) is 4.90 Å². The number of likely N-dealkylation sites (tertiary alicyclic amines) is 1. The third-order valence-electron chi connectivity index (χ3n) is 6.19. The Balaban J connectivity index is 1.25. The van der Waals surface area contributed by atoms with E-state index in [0.717, 1.165) is 42.5 Å². The van der Waals surface area contributed by atoms with Crippen LogP contribution in [0, 0.1) is 0 Å². The van der Waals surface area contributed by atoms with Crippen LogP contribution in [0.1, 0.15) is 69.9 Å². The molecule has 0 saturated carbocycles. The number of aromatic nitrogens is 2. The first kappa shape index (κ1) is 26.4. The summed E-state index contributed by atoms with van der Waals surface area (Å²) in [6.45, 7) is 9.24. The fraction of sp³-hybridized carbons (Fsp3) is 0.448. The lowest BCUT2D eigenvalue weighted by molar-refractivity contribution is 0.0291. The van der Waals surface area contributed by atoms with Crippen LogP contribution in [0.15, 0.2) is 64.3 Å². The average Bonchev–Trinajstić information content (AvgIpc) is 3.56. The van der Waals surface area contributed by atoms with E-state index >= 15 is 0 Å². The van der Waals surface area contributed by atoms with Crippen molar-refractivity contribution in [2.24, 2.45) is 5.16 Å². The Kier molecular flexibility index (Phi) is 8.58. The van der Waals surface area contributed by atoms with Crippen molar-refractivity contribution in [3.8, 4) is 11.4 Å². The SMILES string of the molecule is CC(=NOCCCCc1ccccc1)c1ccc(-c2noc([C@@H]3CCN(C(=O)OC(C)(C)C)C3)n2)cc1. The van der Waals surface area contributed by atoms with Gasteiger partial charge in [0.25, 0.3) is 0 Å². The number of unbranched alkanes of at least 4 members (excludes halogenated alkanes) is 1. The van der Waals surface area contributed by atoms with Gasteiger partial charge in [0.05, 0.1) is 11.6 Å². The lowest BCUT2D eigenvalue weighted by Crippen LogP contribution is -2.35. The molecule has 8 heteroatoms. The molecule has 0 spiro atoms. The zero-order valence-corrected chi connectivity index (χ0v) is 22.1. The minimum absolute atomic E-state index is 0.00672. The van der Waals surface area contributed by atoms with E-state index in [9.17, 15) is 4.79 Å². The van der Waals surface area contributed by atoms with Gasteiger partial charge in [-0.15, -0.1) is 0 Å². The number of amides is 1. The van der Waals surface area contributed by atoms with Crippen LogP contribution < -0.4 is 0 Å². The summed E-state index contributed by atoms with van der Waals surface area (Å²) in [5.74, 6) is 1.08. The van der Waals surface area contributed by atoms with E-state index in [1.165, 1.54) is 5.56 Å². The lowest BCUT2D eigenvalue weighted by atomic mass is 10.1. The maximum Gasteiger partial charge on any atom is 0.410 e. The van der Waals surface area contributed by atoms with Gasteiger partial charge in [0, 0.05) is 18.7 Å². The number of oxime groups is 1. The molecule has 1 aliphatic rings. The second-order valence-corrected chi connectivity index (χ2v) is 10.4. The summed E-state index contributed by atoms with van der Waals surface area (Å²) in [5.41, 5.74) is 3.48. The summed E-state index contributed by atoms with van der Waals surface area (Å²) in [5, 5.41) is 8.42. The molecule has 3 aromatic rings. The Morgan fingerprint density at radius 3 is 2.59 bits per heavy atom. The molecule has 1 aromatic heterocycles. The van der Waals surface area contributed by atoms with Crippen molar-refractivity contribution < 1.29 is 18.9 Å². The number of aryl methyl sites for hydroxylation is 1. The molecule has 1 atom stereocenters. The van der Waals surface area contributed by atoms with E-state index in [4.69, 9.17) is 14.1 Å². The monoisotopic (exact) mass is 504 g/mol. The molecular weight excluding hydrogens is 468 g/mol. The molecule has 0 N–H and O–H groups in total. The molecule has 37 heavy (non-hydrogen) atoms. The van der Waals surface area contributed by atoms with Crippen molar-refractivity contribution >= 4 is 11.8 Å². The molecule has 0 radical (unpaired) electrons. The molecule has 0 aliphatic carbocycles. The summed E-state index contributed by atoms with van der Waals surface area (Å²) >= 11 is 0. The van der Waals surface area contributed by atoms with Gasteiger partial charge in [0.2, 0.25) is 11.7 Å². The molecule has 1 fully saturated rings. The third kappa shape index (κ3) is 7.65. The van der Waals surface area contributed by atoms with Crippen molar-refractivity contribution in [2.75, 3.05) is 19.7 Å². The summed E-state index contributed by atoms with van der Waals surface area (Å²) in [6, 6.07) is 18.3. The summed E-state index contributed by atoms with van der Waals surface area (Å²) in [6.07, 6.45) is 3.54. The average molecular weight is 505 g/mol. The van der Waals surface area contributed by atoms with Gasteiger partial charge >= 0.3 is 6.09 Å². The van der Waals surface area contributed by atoms with Gasteiger partial charge in [0.15, 0.2) is 0 Å². The molecule has 4 rings (SSSR count). The Labute approximate surface area is 218 Å². The summed E-state index contributed by atoms with van der Waals surface area (Å²) in [7, 11) is 0. The topological polar surface area (TPSA) is 90.1 Å². The number of rotatable bonds is 9. The quantitative estimate of drug-likeness (QED) is 0.195. The van der Waals surface area contributed by atoms with Crippen LogP contribution in [0.3, 0.4) is 0 Å². The normalized spacial score (nSPS) is 16.2. The maximum absolute atomic E-state index is 12.3. The smallest absolute Gasteiger partial charge is 0.410 e. The van der Waals surface area contributed by atoms with Gasteiger partial charge < -0.3 is 19.0 Å². The van der Waals surface area contributed by atoms with Crippen LogP contribution in [0.2, 0.25) is 0 Å². The predicted octanol–water partition coefficient (Wildman–Crippen LogP) is 6.22. The van der Waals surface area contributed by atoms with E-state index in [2.05, 4.69) is 39.6 Å². The number of nitrogens with zero attached hydrogens (tertiary/aromatic N) is 4. The minimum Gasteiger partial charge on any atom is -0.444 e. The zero-order valence-electron chi connectivity index (χ0n) is 22.1. The molecule has 1 saturated heterocycles. The van der Waals surface area contributed by atoms with Crippen LogP contribution in [0.5, 0.6) is 0 Å². The van der Waals surface area contributed by atoms with Crippen LogP contribution in [-0.2, 0) is 16.0 Å². The second kappa shape index (κ2) is 12.0. The number of carbonyl (C=O) groups excluding carboxylic acids is 1. The first-order valence-corrected chi connectivity index (χ1v) is 12.9. The highest BCUT2D eigenvalue weighted by molar-refractivity contribution is 5.98. The van der Waals surface area contributed by atoms with Crippen molar-refractivity contribution in [1.82, 2.24) is 15.0 Å². The molecule has 196 valence electrons. The molecule has 2 aromatic carbocycles. The lowest BCUT2D eigenvalue weighted by Gasteiger charge is -2.24. The number of hydrogen-bond acceptors (Lipinski definition) is 7. The third-order valence-corrected chi connectivity index (χ3v) is 6.19. The van der Waals surface area contributed by atoms with E-state index in [1.807, 2.05) is 58.0 Å². The Bertz CT molecular complexity index is 1180. The van der Waals surface area contributed by atoms with Crippen molar-refractivity contribution in [3.05, 3.63) is 71.6 Å². The predicted molar refractivity (Wildman–Crippen MR) is 142 cm³/mol. The molecular formula is C29H36N4O4. The highest BCUT2D eigenvalue weighted by Crippen LogP contribution is 2.29. The van der Waals surface area contributed by atoms with Crippen LogP contribution in [0.4, 0.5) is 4.79 Å².